The lowest BCUT2D eigenvalue weighted by atomic mass is 10.3. The van der Waals surface area contributed by atoms with E-state index in [1.807, 2.05) is 10.8 Å². The molecule has 0 saturated carbocycles. The molecule has 0 N–H and O–H groups in total. The summed E-state index contributed by atoms with van der Waals surface area (Å²) in [5, 5.41) is 31.8. The maximum absolute atomic E-state index is 12.9. The van der Waals surface area contributed by atoms with E-state index in [4.69, 9.17) is 0 Å². The maximum atomic E-state index is 12.9. The normalized spacial score (nSPS) is 20.9. The first-order valence-electron chi connectivity index (χ1n) is 10.5. The molecule has 0 radical (unpaired) electrons. The lowest BCUT2D eigenvalue weighted by Gasteiger charge is -2.32. The van der Waals surface area contributed by atoms with Gasteiger partial charge in [0.05, 0.1) is 11.4 Å². The highest BCUT2D eigenvalue weighted by Gasteiger charge is 2.20. The number of hydrogen-bond donors (Lipinski definition) is 0. The fourth-order valence-corrected chi connectivity index (χ4v) is 6.05. The molecule has 0 saturated heterocycles. The molecule has 14 heteroatoms. The van der Waals surface area contributed by atoms with Gasteiger partial charge in [0.15, 0.2) is 10.3 Å². The largest absolute Gasteiger partial charge is 0.860 e. The summed E-state index contributed by atoms with van der Waals surface area (Å²) >= 11 is 5.34. The van der Waals surface area contributed by atoms with Crippen LogP contribution in [0.2, 0.25) is 0 Å². The Hall–Kier alpha value is -2.68. The van der Waals surface area contributed by atoms with Crippen molar-refractivity contribution < 1.29 is 10.2 Å². The van der Waals surface area contributed by atoms with Gasteiger partial charge in [0.25, 0.3) is 0 Å². The van der Waals surface area contributed by atoms with Crippen LogP contribution in [0.15, 0.2) is 64.7 Å². The molecule has 0 aliphatic carbocycles. The Morgan fingerprint density at radius 3 is 1.60 bits per heavy atom. The van der Waals surface area contributed by atoms with E-state index in [9.17, 15) is 10.2 Å². The Kier molecular flexibility index (Phi) is 8.26. The molecule has 0 unspecified atom stereocenters. The third-order valence-electron chi connectivity index (χ3n) is 4.86. The van der Waals surface area contributed by atoms with E-state index in [1.54, 1.807) is 50.1 Å². The van der Waals surface area contributed by atoms with Crippen LogP contribution in [0.5, 0.6) is 0 Å². The van der Waals surface area contributed by atoms with Gasteiger partial charge >= 0.3 is 0 Å². The van der Waals surface area contributed by atoms with Crippen molar-refractivity contribution in [1.82, 2.24) is 19.8 Å². The number of nitrogens with zero attached hydrogens (tertiary/aromatic N) is 8. The van der Waals surface area contributed by atoms with Crippen molar-refractivity contribution in [1.29, 1.82) is 0 Å². The van der Waals surface area contributed by atoms with Crippen molar-refractivity contribution in [3.05, 3.63) is 44.7 Å². The highest BCUT2D eigenvalue weighted by atomic mass is 32.2. The summed E-state index contributed by atoms with van der Waals surface area (Å²) in [6.07, 6.45) is 3.99. The van der Waals surface area contributed by atoms with E-state index >= 15 is 0 Å². The van der Waals surface area contributed by atoms with Gasteiger partial charge in [-0.2, -0.15) is 9.98 Å². The van der Waals surface area contributed by atoms with E-state index in [0.29, 0.717) is 61.3 Å². The van der Waals surface area contributed by atoms with Crippen LogP contribution in [0, 0.1) is 0 Å². The van der Waals surface area contributed by atoms with Gasteiger partial charge < -0.3 is 20.0 Å². The molecule has 0 amide bonds. The summed E-state index contributed by atoms with van der Waals surface area (Å²) in [4.78, 5) is 30.2. The topological polar surface area (TPSA) is 128 Å². The van der Waals surface area contributed by atoms with Gasteiger partial charge in [0, 0.05) is 60.1 Å². The minimum atomic E-state index is -0.110. The molecule has 0 aromatic carbocycles. The molecule has 2 aromatic heterocycles. The predicted octanol–water partition coefficient (Wildman–Crippen LogP) is 3.00. The van der Waals surface area contributed by atoms with Gasteiger partial charge in [-0.15, -0.1) is 22.7 Å². The quantitative estimate of drug-likeness (QED) is 0.462. The lowest BCUT2D eigenvalue weighted by Crippen LogP contribution is -2.33. The third-order valence-corrected chi connectivity index (χ3v) is 8.27. The molecule has 0 fully saturated rings. The van der Waals surface area contributed by atoms with Gasteiger partial charge in [0.1, 0.15) is 0 Å². The summed E-state index contributed by atoms with van der Waals surface area (Å²) in [5.74, 6) is -0.220. The van der Waals surface area contributed by atoms with Crippen molar-refractivity contribution in [2.45, 2.75) is 20.3 Å². The van der Waals surface area contributed by atoms with Crippen LogP contribution < -0.4 is 10.2 Å². The van der Waals surface area contributed by atoms with Crippen LogP contribution in [0.1, 0.15) is 20.3 Å². The smallest absolute Gasteiger partial charge is 0.211 e. The zero-order valence-electron chi connectivity index (χ0n) is 19.5. The minimum Gasteiger partial charge on any atom is -0.860 e. The summed E-state index contributed by atoms with van der Waals surface area (Å²) < 4.78 is 0. The first-order valence-corrected chi connectivity index (χ1v) is 13.9. The Morgan fingerprint density at radius 1 is 0.800 bits per heavy atom. The molecular formula is C21H22N8O2S4-2. The average molecular weight is 547 g/mol. The Labute approximate surface area is 219 Å². The van der Waals surface area contributed by atoms with Gasteiger partial charge in [-0.05, 0) is 55.6 Å². The molecule has 2 aliphatic heterocycles. The van der Waals surface area contributed by atoms with E-state index in [0.717, 1.165) is 0 Å². The van der Waals surface area contributed by atoms with Crippen molar-refractivity contribution in [3.8, 4) is 0 Å². The zero-order chi connectivity index (χ0) is 24.9. The van der Waals surface area contributed by atoms with Crippen molar-refractivity contribution in [3.63, 3.8) is 0 Å². The number of rotatable bonds is 8. The number of allylic oxidation sites excluding steroid dienone is 2. The summed E-state index contributed by atoms with van der Waals surface area (Å²) in [7, 11) is 3.50. The van der Waals surface area contributed by atoms with E-state index in [1.165, 1.54) is 46.2 Å². The third kappa shape index (κ3) is 6.31. The predicted molar refractivity (Wildman–Crippen MR) is 144 cm³/mol. The van der Waals surface area contributed by atoms with Gasteiger partial charge in [0.2, 0.25) is 10.3 Å². The second-order valence-corrected chi connectivity index (χ2v) is 11.2. The first kappa shape index (κ1) is 25.4. The Balaban J connectivity index is 1.32. The molecule has 35 heavy (non-hydrogen) atoms. The monoisotopic (exact) mass is 546 g/mol. The molecule has 2 aromatic rings. The minimum absolute atomic E-state index is 0.110. The second-order valence-electron chi connectivity index (χ2n) is 7.48. The zero-order valence-corrected chi connectivity index (χ0v) is 22.7. The first-order chi connectivity index (χ1) is 16.8. The van der Waals surface area contributed by atoms with Crippen molar-refractivity contribution >= 4 is 78.2 Å². The molecule has 0 atom stereocenters. The average Bonchev–Trinajstić information content (AvgIpc) is 3.63. The summed E-state index contributed by atoms with van der Waals surface area (Å²) in [6, 6.07) is 0. The molecule has 10 nitrogen and oxygen atoms in total. The number of aromatic nitrogens is 2. The highest BCUT2D eigenvalue weighted by Crippen LogP contribution is 2.33. The van der Waals surface area contributed by atoms with Gasteiger partial charge in [-0.25, -0.2) is 20.0 Å². The lowest BCUT2D eigenvalue weighted by molar-refractivity contribution is -0.332. The van der Waals surface area contributed by atoms with Crippen LogP contribution in [-0.2, 0) is 0 Å². The van der Waals surface area contributed by atoms with Crippen LogP contribution in [0.3, 0.4) is 0 Å². The van der Waals surface area contributed by atoms with Crippen LogP contribution in [-0.4, -0.2) is 68.7 Å². The van der Waals surface area contributed by atoms with Gasteiger partial charge in [-0.1, -0.05) is 0 Å². The fourth-order valence-electron chi connectivity index (χ4n) is 3.06. The van der Waals surface area contributed by atoms with E-state index in [-0.39, 0.29) is 11.8 Å². The molecule has 0 spiro atoms. The summed E-state index contributed by atoms with van der Waals surface area (Å²) in [6.45, 7) is 4.60. The maximum Gasteiger partial charge on any atom is 0.211 e. The van der Waals surface area contributed by atoms with Crippen molar-refractivity contribution in [2.24, 2.45) is 20.0 Å². The van der Waals surface area contributed by atoms with Crippen LogP contribution in [0.25, 0.3) is 0 Å². The number of amidine groups is 2. The summed E-state index contributed by atoms with van der Waals surface area (Å²) in [5.41, 5.74) is 1.29. The molecule has 2 aliphatic rings. The van der Waals surface area contributed by atoms with Crippen LogP contribution in [0.4, 0.5) is 10.3 Å². The molecule has 0 bridgehead atoms. The Bertz CT molecular complexity index is 1150. The van der Waals surface area contributed by atoms with Crippen molar-refractivity contribution in [2.75, 3.05) is 27.2 Å². The molecular weight excluding hydrogens is 525 g/mol. The number of aliphatic imine (C=N–C) groups is 4. The van der Waals surface area contributed by atoms with Crippen LogP contribution >= 0.6 is 46.2 Å². The molecule has 184 valence electrons. The fraction of sp³-hybridized carbons (Fsp3) is 0.333. The number of hydrogen-bond acceptors (Lipinski definition) is 12. The van der Waals surface area contributed by atoms with Gasteiger partial charge in [-0.3, -0.25) is 0 Å². The molecule has 4 rings (SSSR count). The number of thioether (sulfide) groups is 2. The van der Waals surface area contributed by atoms with E-state index in [2.05, 4.69) is 29.9 Å². The second kappa shape index (κ2) is 11.4. The highest BCUT2D eigenvalue weighted by molar-refractivity contribution is 8.18. The number of thiazole rings is 2. The SMILES string of the molecule is CC1=NC(=Nc2nccs2)SC1=C([O-])N(C)CCCN(C)C([O-])=C1SC(=Nc2nccs2)N=C1C. The Morgan fingerprint density at radius 2 is 1.23 bits per heavy atom. The molecule has 4 heterocycles. The van der Waals surface area contributed by atoms with E-state index < -0.39 is 0 Å². The standard InChI is InChI=1S/C21H24N8O2S4/c1-12-14(34-20(24-12)26-18-22-6-10-32-18)16(30)28(3)8-5-9-29(4)17(31)15-13(2)25-21(35-15)27-19-23-7-11-33-19/h6-7,10-11,30-31H,5,8-9H2,1-4H3/p-2.